The maximum absolute atomic E-state index is 2.60. The zero-order valence-electron chi connectivity index (χ0n) is 28.4. The Hall–Kier alpha value is -6.18. The van der Waals surface area contributed by atoms with Gasteiger partial charge in [-0.25, -0.2) is 0 Å². The molecule has 11 rings (SSSR count). The van der Waals surface area contributed by atoms with Gasteiger partial charge < -0.3 is 4.90 Å². The third kappa shape index (κ3) is 4.15. The lowest BCUT2D eigenvalue weighted by Crippen LogP contribution is -2.52. The lowest BCUT2D eigenvalue weighted by atomic mass is 9.43. The van der Waals surface area contributed by atoms with E-state index in [0.29, 0.717) is 0 Å². The lowest BCUT2D eigenvalue weighted by Gasteiger charge is -2.58. The Morgan fingerprint density at radius 2 is 0.784 bits per heavy atom. The molecule has 242 valence electrons. The van der Waals surface area contributed by atoms with Crippen LogP contribution in [0.3, 0.4) is 0 Å². The number of hydrogen-bond acceptors (Lipinski definition) is 1. The Labute approximate surface area is 300 Å². The van der Waals surface area contributed by atoms with Crippen molar-refractivity contribution in [1.29, 1.82) is 0 Å². The molecular weight excluding hydrogens is 615 g/mol. The van der Waals surface area contributed by atoms with Crippen LogP contribution >= 0.6 is 0 Å². The summed E-state index contributed by atoms with van der Waals surface area (Å²) in [5.41, 5.74) is 16.5. The summed E-state index contributed by atoms with van der Waals surface area (Å²) in [5, 5.41) is 0. The standard InChI is InChI=1S/C50H37N/c1-5-19-37(20-6-1)49-42-28-14-16-30-44(42)50(38-21-7-2-8-22-38,45-31-17-15-29-43(45)49)47-35-36(33-34-46(47)49)41-27-13-18-32-48(41)51(39-23-9-3-10-24-39)40-25-11-4-12-26-40/h1-32,35H,33-34H2. The van der Waals surface area contributed by atoms with E-state index >= 15 is 0 Å². The van der Waals surface area contributed by atoms with Crippen molar-refractivity contribution in [3.05, 3.63) is 250 Å². The molecule has 1 nitrogen and oxygen atoms in total. The summed E-state index contributed by atoms with van der Waals surface area (Å²) in [6, 6.07) is 71.7. The van der Waals surface area contributed by atoms with E-state index in [9.17, 15) is 0 Å². The fourth-order valence-corrected chi connectivity index (χ4v) is 9.69. The molecule has 0 heterocycles. The minimum absolute atomic E-state index is 0.373. The zero-order valence-corrected chi connectivity index (χ0v) is 28.4. The molecule has 0 N–H and O–H groups in total. The van der Waals surface area contributed by atoms with Crippen LogP contribution in [0.2, 0.25) is 0 Å². The van der Waals surface area contributed by atoms with Gasteiger partial charge in [-0.15, -0.1) is 0 Å². The smallest absolute Gasteiger partial charge is 0.0708 e. The fraction of sp³-hybridized carbons (Fsp3) is 0.0800. The van der Waals surface area contributed by atoms with Crippen molar-refractivity contribution in [3.63, 3.8) is 0 Å². The molecule has 2 bridgehead atoms. The molecule has 0 atom stereocenters. The molecule has 0 amide bonds. The number of hydrogen-bond donors (Lipinski definition) is 0. The summed E-state index contributed by atoms with van der Waals surface area (Å²) in [5.74, 6) is 0. The maximum atomic E-state index is 2.60. The van der Waals surface area contributed by atoms with Gasteiger partial charge in [0.1, 0.15) is 0 Å². The van der Waals surface area contributed by atoms with E-state index in [-0.39, 0.29) is 5.41 Å². The van der Waals surface area contributed by atoms with E-state index < -0.39 is 5.41 Å². The van der Waals surface area contributed by atoms with Gasteiger partial charge in [0, 0.05) is 16.9 Å². The second-order valence-corrected chi connectivity index (χ2v) is 13.9. The molecule has 1 heteroatoms. The molecule has 0 spiro atoms. The van der Waals surface area contributed by atoms with E-state index in [0.717, 1.165) is 24.2 Å². The van der Waals surface area contributed by atoms with Crippen LogP contribution in [0, 0.1) is 0 Å². The largest absolute Gasteiger partial charge is 0.310 e. The van der Waals surface area contributed by atoms with Crippen molar-refractivity contribution in [2.45, 2.75) is 23.7 Å². The summed E-state index contributed by atoms with van der Waals surface area (Å²) < 4.78 is 0. The first-order valence-electron chi connectivity index (χ1n) is 18.1. The quantitative estimate of drug-likeness (QED) is 0.173. The summed E-state index contributed by atoms with van der Waals surface area (Å²) in [6.45, 7) is 0. The third-order valence-corrected chi connectivity index (χ3v) is 11.5. The molecule has 0 saturated heterocycles. The minimum Gasteiger partial charge on any atom is -0.310 e. The summed E-state index contributed by atoms with van der Waals surface area (Å²) in [7, 11) is 0. The van der Waals surface area contributed by atoms with Crippen molar-refractivity contribution >= 4 is 22.6 Å². The molecule has 0 aliphatic heterocycles. The molecule has 51 heavy (non-hydrogen) atoms. The molecule has 4 aliphatic carbocycles. The molecular formula is C50H37N. The van der Waals surface area contributed by atoms with E-state index in [2.05, 4.69) is 205 Å². The fourth-order valence-electron chi connectivity index (χ4n) is 9.69. The number of nitrogens with zero attached hydrogens (tertiary/aromatic N) is 1. The average molecular weight is 652 g/mol. The molecule has 0 aromatic heterocycles. The monoisotopic (exact) mass is 651 g/mol. The van der Waals surface area contributed by atoms with Gasteiger partial charge in [-0.2, -0.15) is 0 Å². The van der Waals surface area contributed by atoms with Crippen LogP contribution in [0.15, 0.2) is 211 Å². The van der Waals surface area contributed by atoms with Gasteiger partial charge in [-0.1, -0.05) is 170 Å². The zero-order chi connectivity index (χ0) is 33.8. The maximum Gasteiger partial charge on any atom is 0.0708 e. The average Bonchev–Trinajstić information content (AvgIpc) is 3.22. The highest BCUT2D eigenvalue weighted by Gasteiger charge is 2.60. The van der Waals surface area contributed by atoms with Crippen molar-refractivity contribution in [3.8, 4) is 0 Å². The normalized spacial score (nSPS) is 19.8. The molecule has 0 unspecified atom stereocenters. The van der Waals surface area contributed by atoms with Crippen LogP contribution in [0.4, 0.5) is 17.1 Å². The van der Waals surface area contributed by atoms with Gasteiger partial charge in [0.25, 0.3) is 0 Å². The molecule has 7 aromatic rings. The van der Waals surface area contributed by atoms with Gasteiger partial charge in [-0.3, -0.25) is 0 Å². The molecule has 0 fully saturated rings. The second kappa shape index (κ2) is 11.7. The summed E-state index contributed by atoms with van der Waals surface area (Å²) in [4.78, 5) is 2.41. The van der Waals surface area contributed by atoms with Gasteiger partial charge >= 0.3 is 0 Å². The Kier molecular flexibility index (Phi) is 6.82. The Morgan fingerprint density at radius 3 is 1.31 bits per heavy atom. The number of para-hydroxylation sites is 3. The van der Waals surface area contributed by atoms with Gasteiger partial charge in [-0.05, 0) is 93.3 Å². The van der Waals surface area contributed by atoms with E-state index in [1.54, 1.807) is 0 Å². The topological polar surface area (TPSA) is 3.24 Å². The minimum atomic E-state index is -0.445. The number of allylic oxidation sites excluding steroid dienone is 4. The summed E-state index contributed by atoms with van der Waals surface area (Å²) in [6.07, 6.45) is 4.53. The molecule has 0 radical (unpaired) electrons. The van der Waals surface area contributed by atoms with Gasteiger partial charge in [0.15, 0.2) is 0 Å². The number of anilines is 3. The van der Waals surface area contributed by atoms with Crippen molar-refractivity contribution in [1.82, 2.24) is 0 Å². The number of rotatable bonds is 6. The predicted octanol–water partition coefficient (Wildman–Crippen LogP) is 12.3. The van der Waals surface area contributed by atoms with Crippen LogP contribution in [0.1, 0.15) is 51.8 Å². The van der Waals surface area contributed by atoms with E-state index in [1.165, 1.54) is 61.4 Å². The van der Waals surface area contributed by atoms with Crippen LogP contribution in [0.5, 0.6) is 0 Å². The highest BCUT2D eigenvalue weighted by atomic mass is 15.1. The lowest BCUT2D eigenvalue weighted by molar-refractivity contribution is 0.527. The first kappa shape index (κ1) is 29.7. The molecule has 4 aliphatic rings. The predicted molar refractivity (Wildman–Crippen MR) is 211 cm³/mol. The first-order valence-corrected chi connectivity index (χ1v) is 18.1. The highest BCUT2D eigenvalue weighted by molar-refractivity contribution is 5.90. The van der Waals surface area contributed by atoms with Crippen LogP contribution in [-0.4, -0.2) is 0 Å². The molecule has 7 aromatic carbocycles. The SMILES string of the molecule is C1=C(c2ccccc2N(c2ccccc2)c2ccccc2)CCC2=C1C1(c3ccccc3)c3ccccc3C2(c2ccccc2)c2ccccc21. The van der Waals surface area contributed by atoms with Crippen molar-refractivity contribution < 1.29 is 0 Å². The third-order valence-electron chi connectivity index (χ3n) is 11.5. The number of benzene rings is 7. The van der Waals surface area contributed by atoms with Crippen molar-refractivity contribution in [2.24, 2.45) is 0 Å². The highest BCUT2D eigenvalue weighted by Crippen LogP contribution is 2.68. The van der Waals surface area contributed by atoms with Crippen LogP contribution in [-0.2, 0) is 10.8 Å². The van der Waals surface area contributed by atoms with Crippen LogP contribution < -0.4 is 4.90 Å². The van der Waals surface area contributed by atoms with Gasteiger partial charge in [0.2, 0.25) is 0 Å². The van der Waals surface area contributed by atoms with E-state index in [4.69, 9.17) is 0 Å². The summed E-state index contributed by atoms with van der Waals surface area (Å²) >= 11 is 0. The second-order valence-electron chi connectivity index (χ2n) is 13.9. The van der Waals surface area contributed by atoms with Crippen LogP contribution in [0.25, 0.3) is 5.57 Å². The van der Waals surface area contributed by atoms with Crippen molar-refractivity contribution in [2.75, 3.05) is 4.90 Å². The van der Waals surface area contributed by atoms with Gasteiger partial charge in [0.05, 0.1) is 16.5 Å². The van der Waals surface area contributed by atoms with E-state index in [1.807, 2.05) is 0 Å². The Bertz CT molecular complexity index is 2370. The Balaban J connectivity index is 1.29. The molecule has 0 saturated carbocycles. The Morgan fingerprint density at radius 1 is 0.373 bits per heavy atom. The first-order chi connectivity index (χ1) is 25.3.